The van der Waals surface area contributed by atoms with E-state index in [1.54, 1.807) is 0 Å². The summed E-state index contributed by atoms with van der Waals surface area (Å²) in [5, 5.41) is 11.1. The Kier molecular flexibility index (Phi) is 4.97. The van der Waals surface area contributed by atoms with Crippen molar-refractivity contribution in [2.45, 2.75) is 12.6 Å². The molecule has 0 radical (unpaired) electrons. The van der Waals surface area contributed by atoms with E-state index in [-0.39, 0.29) is 22.6 Å². The molecule has 27 heavy (non-hydrogen) atoms. The first-order chi connectivity index (χ1) is 12.6. The van der Waals surface area contributed by atoms with Gasteiger partial charge in [-0.2, -0.15) is 13.2 Å². The van der Waals surface area contributed by atoms with Crippen molar-refractivity contribution in [2.75, 3.05) is 5.32 Å². The largest absolute Gasteiger partial charge is 0.481 e. The molecule has 0 spiro atoms. The number of carboxylic acid groups (broad SMARTS) is 1. The highest BCUT2D eigenvalue weighted by Crippen LogP contribution is 2.39. The number of ether oxygens (including phenoxy) is 1. The number of hydrogen-bond acceptors (Lipinski definition) is 4. The molecule has 1 aliphatic carbocycles. The summed E-state index contributed by atoms with van der Waals surface area (Å²) in [6.45, 7) is 0. The van der Waals surface area contributed by atoms with Crippen LogP contribution in [0.1, 0.15) is 12.0 Å². The normalized spacial score (nSPS) is 18.7. The number of hydrogen-bond donors (Lipinski definition) is 2. The standard InChI is InChI=1S/C17H12ClF3N2O4/c18-13-5-8(17(19,20)21)7-22-15(13)27-10-3-1-9(2-4-10)23-14(24)11-6-12(11)16(25)26/h1-5,7,11-12H,6H2,(H,23,24)(H,25,26)/t11-,12-/m0/s1. The van der Waals surface area contributed by atoms with Gasteiger partial charge in [-0.3, -0.25) is 9.59 Å². The number of nitrogens with one attached hydrogen (secondary N) is 1. The SMILES string of the molecule is O=C(O)[C@H]1C[C@@H]1C(=O)Nc1ccc(Oc2ncc(C(F)(F)F)cc2Cl)cc1. The summed E-state index contributed by atoms with van der Waals surface area (Å²) >= 11 is 5.77. The molecule has 2 N–H and O–H groups in total. The molecule has 1 aromatic heterocycles. The van der Waals surface area contributed by atoms with E-state index in [4.69, 9.17) is 21.4 Å². The summed E-state index contributed by atoms with van der Waals surface area (Å²) < 4.78 is 43.1. The number of carboxylic acids is 1. The van der Waals surface area contributed by atoms with E-state index in [0.717, 1.165) is 0 Å². The summed E-state index contributed by atoms with van der Waals surface area (Å²) in [4.78, 5) is 26.2. The Balaban J connectivity index is 1.63. The van der Waals surface area contributed by atoms with Crippen LogP contribution in [0.15, 0.2) is 36.5 Å². The van der Waals surface area contributed by atoms with Crippen molar-refractivity contribution < 1.29 is 32.6 Å². The van der Waals surface area contributed by atoms with E-state index in [9.17, 15) is 22.8 Å². The fourth-order valence-electron chi connectivity index (χ4n) is 2.37. The number of carbonyl (C=O) groups is 2. The number of aliphatic carboxylic acids is 1. The molecule has 0 saturated heterocycles. The topological polar surface area (TPSA) is 88.5 Å². The Bertz CT molecular complexity index is 887. The Hall–Kier alpha value is -2.81. The third-order valence-electron chi connectivity index (χ3n) is 3.92. The van der Waals surface area contributed by atoms with Crippen molar-refractivity contribution in [3.05, 3.63) is 47.1 Å². The summed E-state index contributed by atoms with van der Waals surface area (Å²) in [6, 6.07) is 6.65. The first kappa shape index (κ1) is 19.0. The molecule has 142 valence electrons. The Labute approximate surface area is 155 Å². The molecule has 1 aromatic carbocycles. The van der Waals surface area contributed by atoms with Crippen molar-refractivity contribution in [3.8, 4) is 11.6 Å². The van der Waals surface area contributed by atoms with E-state index < -0.39 is 29.5 Å². The van der Waals surface area contributed by atoms with E-state index in [1.165, 1.54) is 24.3 Å². The highest BCUT2D eigenvalue weighted by atomic mass is 35.5. The predicted molar refractivity (Wildman–Crippen MR) is 88.6 cm³/mol. The van der Waals surface area contributed by atoms with Crippen molar-refractivity contribution >= 4 is 29.2 Å². The molecule has 1 heterocycles. The maximum absolute atomic E-state index is 12.6. The second-order valence-electron chi connectivity index (χ2n) is 5.91. The van der Waals surface area contributed by atoms with Gasteiger partial charge in [-0.15, -0.1) is 0 Å². The van der Waals surface area contributed by atoms with Crippen molar-refractivity contribution in [1.82, 2.24) is 4.98 Å². The molecule has 2 atom stereocenters. The monoisotopic (exact) mass is 400 g/mol. The van der Waals surface area contributed by atoms with Crippen molar-refractivity contribution in [1.29, 1.82) is 0 Å². The van der Waals surface area contributed by atoms with Gasteiger partial charge in [-0.05, 0) is 36.8 Å². The summed E-state index contributed by atoms with van der Waals surface area (Å²) in [5.74, 6) is -2.53. The third-order valence-corrected chi connectivity index (χ3v) is 4.19. The molecule has 1 saturated carbocycles. The number of pyridine rings is 1. The molecular formula is C17H12ClF3N2O4. The van der Waals surface area contributed by atoms with Crippen LogP contribution >= 0.6 is 11.6 Å². The lowest BCUT2D eigenvalue weighted by Crippen LogP contribution is -2.16. The molecule has 2 aromatic rings. The Morgan fingerprint density at radius 2 is 1.89 bits per heavy atom. The Morgan fingerprint density at radius 1 is 1.22 bits per heavy atom. The zero-order valence-corrected chi connectivity index (χ0v) is 14.2. The van der Waals surface area contributed by atoms with Crippen LogP contribution in [0.3, 0.4) is 0 Å². The molecule has 0 aliphatic heterocycles. The predicted octanol–water partition coefficient (Wildman–Crippen LogP) is 4.21. The molecule has 1 amide bonds. The molecule has 1 aliphatic rings. The van der Waals surface area contributed by atoms with Crippen LogP contribution < -0.4 is 10.1 Å². The minimum Gasteiger partial charge on any atom is -0.481 e. The quantitative estimate of drug-likeness (QED) is 0.785. The lowest BCUT2D eigenvalue weighted by atomic mass is 10.2. The highest BCUT2D eigenvalue weighted by molar-refractivity contribution is 6.31. The van der Waals surface area contributed by atoms with Crippen LogP contribution in [0.5, 0.6) is 11.6 Å². The lowest BCUT2D eigenvalue weighted by molar-refractivity contribution is -0.140. The fourth-order valence-corrected chi connectivity index (χ4v) is 2.57. The molecular weight excluding hydrogens is 389 g/mol. The average molecular weight is 401 g/mol. The summed E-state index contributed by atoms with van der Waals surface area (Å²) in [5.41, 5.74) is -0.562. The second-order valence-corrected chi connectivity index (χ2v) is 6.32. The fraction of sp³-hybridized carbons (Fsp3) is 0.235. The van der Waals surface area contributed by atoms with Gasteiger partial charge in [-0.1, -0.05) is 11.6 Å². The van der Waals surface area contributed by atoms with Gasteiger partial charge in [0, 0.05) is 11.9 Å². The number of alkyl halides is 3. The van der Waals surface area contributed by atoms with Crippen LogP contribution in [0.2, 0.25) is 5.02 Å². The minimum atomic E-state index is -4.56. The van der Waals surface area contributed by atoms with Gasteiger partial charge >= 0.3 is 12.1 Å². The maximum atomic E-state index is 12.6. The van der Waals surface area contributed by atoms with E-state index in [0.29, 0.717) is 24.4 Å². The number of nitrogens with zero attached hydrogens (tertiary/aromatic N) is 1. The van der Waals surface area contributed by atoms with Crippen LogP contribution in [0, 0.1) is 11.8 Å². The van der Waals surface area contributed by atoms with E-state index >= 15 is 0 Å². The average Bonchev–Trinajstić information content (AvgIpc) is 3.38. The zero-order chi connectivity index (χ0) is 19.8. The van der Waals surface area contributed by atoms with Crippen LogP contribution in [0.4, 0.5) is 18.9 Å². The second kappa shape index (κ2) is 7.07. The lowest BCUT2D eigenvalue weighted by Gasteiger charge is -2.10. The number of amides is 1. The first-order valence-corrected chi connectivity index (χ1v) is 8.07. The smallest absolute Gasteiger partial charge is 0.417 e. The van der Waals surface area contributed by atoms with Gasteiger partial charge in [0.15, 0.2) is 0 Å². The van der Waals surface area contributed by atoms with Gasteiger partial charge in [0.2, 0.25) is 11.8 Å². The molecule has 10 heteroatoms. The molecule has 1 fully saturated rings. The van der Waals surface area contributed by atoms with Gasteiger partial charge in [0.05, 0.1) is 17.4 Å². The van der Waals surface area contributed by atoms with E-state index in [2.05, 4.69) is 10.3 Å². The maximum Gasteiger partial charge on any atom is 0.417 e. The van der Waals surface area contributed by atoms with Crippen LogP contribution in [-0.4, -0.2) is 22.0 Å². The van der Waals surface area contributed by atoms with Gasteiger partial charge in [0.1, 0.15) is 10.8 Å². The summed E-state index contributed by atoms with van der Waals surface area (Å²) in [6.07, 6.45) is -3.64. The van der Waals surface area contributed by atoms with Gasteiger partial charge in [0.25, 0.3) is 0 Å². The summed E-state index contributed by atoms with van der Waals surface area (Å²) in [7, 11) is 0. The number of benzene rings is 1. The van der Waals surface area contributed by atoms with Gasteiger partial charge < -0.3 is 15.2 Å². The van der Waals surface area contributed by atoms with E-state index in [1.807, 2.05) is 0 Å². The number of rotatable bonds is 5. The number of anilines is 1. The zero-order valence-electron chi connectivity index (χ0n) is 13.5. The Morgan fingerprint density at radius 3 is 2.41 bits per heavy atom. The number of halogens is 4. The minimum absolute atomic E-state index is 0.191. The molecule has 6 nitrogen and oxygen atoms in total. The number of carbonyl (C=O) groups excluding carboxylic acids is 1. The van der Waals surface area contributed by atoms with Crippen molar-refractivity contribution in [2.24, 2.45) is 11.8 Å². The molecule has 0 bridgehead atoms. The first-order valence-electron chi connectivity index (χ1n) is 7.69. The molecule has 3 rings (SSSR count). The third kappa shape index (κ3) is 4.48. The van der Waals surface area contributed by atoms with Crippen LogP contribution in [-0.2, 0) is 15.8 Å². The highest BCUT2D eigenvalue weighted by Gasteiger charge is 2.48. The number of aromatic nitrogens is 1. The molecule has 0 unspecified atom stereocenters. The van der Waals surface area contributed by atoms with Crippen LogP contribution in [0.25, 0.3) is 0 Å². The van der Waals surface area contributed by atoms with Gasteiger partial charge in [-0.25, -0.2) is 4.98 Å². The van der Waals surface area contributed by atoms with Crippen molar-refractivity contribution in [3.63, 3.8) is 0 Å².